The lowest BCUT2D eigenvalue weighted by atomic mass is 10.1. The predicted molar refractivity (Wildman–Crippen MR) is 49.3 cm³/mol. The summed E-state index contributed by atoms with van der Waals surface area (Å²) in [6, 6.07) is 0. The van der Waals surface area contributed by atoms with Gasteiger partial charge in [-0.25, -0.2) is 17.6 Å². The third kappa shape index (κ3) is 2.22. The van der Waals surface area contributed by atoms with E-state index in [0.717, 1.165) is 0 Å². The fraction of sp³-hybridized carbons (Fsp3) is 0.250. The summed E-state index contributed by atoms with van der Waals surface area (Å²) in [4.78, 5) is 0. The molecule has 0 amide bonds. The van der Waals surface area contributed by atoms with E-state index < -0.39 is 47.5 Å². The summed E-state index contributed by atoms with van der Waals surface area (Å²) in [6.45, 7) is -1.23. The Kier molecular flexibility index (Phi) is 4.99. The summed E-state index contributed by atoms with van der Waals surface area (Å²) >= 11 is 0. The molecule has 1 rings (SSSR count). The van der Waals surface area contributed by atoms with E-state index in [1.807, 2.05) is 0 Å². The van der Waals surface area contributed by atoms with Crippen molar-refractivity contribution in [2.75, 3.05) is 0 Å². The zero-order valence-electron chi connectivity index (χ0n) is 7.49. The van der Waals surface area contributed by atoms with Crippen LogP contribution in [0.2, 0.25) is 0 Å². The van der Waals surface area contributed by atoms with Crippen LogP contribution in [0.5, 0.6) is 0 Å². The molecule has 2 nitrogen and oxygen atoms in total. The fourth-order valence-corrected chi connectivity index (χ4v) is 1.08. The molecule has 15 heavy (non-hydrogen) atoms. The maximum absolute atomic E-state index is 13.0. The van der Waals surface area contributed by atoms with Crippen LogP contribution < -0.4 is 11.5 Å². The molecule has 86 valence electrons. The Hall–Kier alpha value is -0.850. The number of benzene rings is 1. The quantitative estimate of drug-likeness (QED) is 0.613. The Balaban J connectivity index is 0.00000196. The Bertz CT molecular complexity index is 306. The van der Waals surface area contributed by atoms with Gasteiger partial charge in [-0.15, -0.1) is 12.4 Å². The average Bonchev–Trinajstić information content (AvgIpc) is 2.17. The van der Waals surface area contributed by atoms with Crippen molar-refractivity contribution in [2.24, 2.45) is 11.5 Å². The Labute approximate surface area is 89.7 Å². The minimum absolute atomic E-state index is 0. The lowest BCUT2D eigenvalue weighted by molar-refractivity contribution is 0.426. The highest BCUT2D eigenvalue weighted by Gasteiger charge is 2.23. The van der Waals surface area contributed by atoms with Gasteiger partial charge in [0.15, 0.2) is 23.3 Å². The number of halogens is 5. The molecule has 0 atom stereocenters. The van der Waals surface area contributed by atoms with E-state index in [2.05, 4.69) is 0 Å². The van der Waals surface area contributed by atoms with Gasteiger partial charge < -0.3 is 11.5 Å². The van der Waals surface area contributed by atoms with Crippen LogP contribution in [-0.4, -0.2) is 0 Å². The molecule has 4 N–H and O–H groups in total. The molecular weight excluding hydrogens is 236 g/mol. The summed E-state index contributed by atoms with van der Waals surface area (Å²) in [6.07, 6.45) is 0. The van der Waals surface area contributed by atoms with Gasteiger partial charge in [0.2, 0.25) is 0 Å². The van der Waals surface area contributed by atoms with E-state index >= 15 is 0 Å². The molecule has 0 saturated carbocycles. The highest BCUT2D eigenvalue weighted by atomic mass is 35.5. The first kappa shape index (κ1) is 14.2. The predicted octanol–water partition coefficient (Wildman–Crippen LogP) is 1.58. The molecule has 0 radical (unpaired) electrons. The SMILES string of the molecule is Cl.NCc1c(F)c(F)c(CN)c(F)c1F. The zero-order valence-corrected chi connectivity index (χ0v) is 8.31. The molecule has 0 bridgehead atoms. The van der Waals surface area contributed by atoms with Gasteiger partial charge >= 0.3 is 0 Å². The number of nitrogens with two attached hydrogens (primary N) is 2. The van der Waals surface area contributed by atoms with Crippen molar-refractivity contribution in [3.05, 3.63) is 34.4 Å². The lowest BCUT2D eigenvalue weighted by Gasteiger charge is -2.08. The first-order valence-corrected chi connectivity index (χ1v) is 3.78. The van der Waals surface area contributed by atoms with Crippen molar-refractivity contribution in [3.63, 3.8) is 0 Å². The summed E-state index contributed by atoms with van der Waals surface area (Å²) in [7, 11) is 0. The summed E-state index contributed by atoms with van der Waals surface area (Å²) in [5, 5.41) is 0. The van der Waals surface area contributed by atoms with E-state index in [0.29, 0.717) is 0 Å². The second-order valence-corrected chi connectivity index (χ2v) is 2.62. The molecular formula is C8H9ClF4N2. The molecule has 0 heterocycles. The minimum Gasteiger partial charge on any atom is -0.326 e. The van der Waals surface area contributed by atoms with Crippen LogP contribution in [0.3, 0.4) is 0 Å². The van der Waals surface area contributed by atoms with E-state index in [4.69, 9.17) is 11.5 Å². The highest BCUT2D eigenvalue weighted by Crippen LogP contribution is 2.23. The van der Waals surface area contributed by atoms with Crippen LogP contribution in [0, 0.1) is 23.3 Å². The summed E-state index contributed by atoms with van der Waals surface area (Å²) in [5.74, 6) is -5.92. The normalized spacial score (nSPS) is 10.0. The molecule has 7 heteroatoms. The molecule has 1 aromatic carbocycles. The van der Waals surface area contributed by atoms with Gasteiger partial charge in [-0.2, -0.15) is 0 Å². The van der Waals surface area contributed by atoms with Crippen LogP contribution in [0.15, 0.2) is 0 Å². The molecule has 1 aromatic rings. The molecule has 0 aliphatic heterocycles. The average molecular weight is 245 g/mol. The summed E-state index contributed by atoms with van der Waals surface area (Å²) in [5.41, 5.74) is 8.26. The van der Waals surface area contributed by atoms with Gasteiger partial charge in [-0.05, 0) is 0 Å². The number of rotatable bonds is 2. The molecule has 0 saturated heterocycles. The van der Waals surface area contributed by atoms with Gasteiger partial charge in [-0.3, -0.25) is 0 Å². The fourth-order valence-electron chi connectivity index (χ4n) is 1.08. The van der Waals surface area contributed by atoms with E-state index in [9.17, 15) is 17.6 Å². The molecule has 0 unspecified atom stereocenters. The van der Waals surface area contributed by atoms with Crippen molar-refractivity contribution in [2.45, 2.75) is 13.1 Å². The Morgan fingerprint density at radius 3 is 1.00 bits per heavy atom. The van der Waals surface area contributed by atoms with Crippen LogP contribution >= 0.6 is 12.4 Å². The van der Waals surface area contributed by atoms with Crippen LogP contribution in [0.4, 0.5) is 17.6 Å². The van der Waals surface area contributed by atoms with E-state index in [1.165, 1.54) is 0 Å². The van der Waals surface area contributed by atoms with Crippen molar-refractivity contribution in [1.29, 1.82) is 0 Å². The maximum atomic E-state index is 13.0. The zero-order chi connectivity index (χ0) is 10.9. The third-order valence-electron chi connectivity index (χ3n) is 1.85. The smallest absolute Gasteiger partial charge is 0.166 e. The van der Waals surface area contributed by atoms with E-state index in [1.54, 1.807) is 0 Å². The van der Waals surface area contributed by atoms with Crippen LogP contribution in [0.1, 0.15) is 11.1 Å². The monoisotopic (exact) mass is 244 g/mol. The van der Waals surface area contributed by atoms with Crippen molar-refractivity contribution < 1.29 is 17.6 Å². The molecule has 0 spiro atoms. The molecule has 0 aromatic heterocycles. The third-order valence-corrected chi connectivity index (χ3v) is 1.85. The van der Waals surface area contributed by atoms with Crippen molar-refractivity contribution >= 4 is 12.4 Å². The second kappa shape index (κ2) is 5.29. The van der Waals surface area contributed by atoms with Crippen LogP contribution in [0.25, 0.3) is 0 Å². The van der Waals surface area contributed by atoms with Crippen molar-refractivity contribution in [3.8, 4) is 0 Å². The second-order valence-electron chi connectivity index (χ2n) is 2.62. The minimum atomic E-state index is -1.48. The first-order chi connectivity index (χ1) is 6.54. The molecule has 0 aliphatic carbocycles. The number of hydrogen-bond acceptors (Lipinski definition) is 2. The Morgan fingerprint density at radius 2 is 0.867 bits per heavy atom. The van der Waals surface area contributed by atoms with Crippen molar-refractivity contribution in [1.82, 2.24) is 0 Å². The van der Waals surface area contributed by atoms with E-state index in [-0.39, 0.29) is 12.4 Å². The maximum Gasteiger partial charge on any atom is 0.166 e. The number of hydrogen-bond donors (Lipinski definition) is 2. The standard InChI is InChI=1S/C8H8F4N2.ClH/c9-5-3(1-13)6(10)8(12)4(2-14)7(5)11;/h1-2,13-14H2;1H. The van der Waals surface area contributed by atoms with Crippen LogP contribution in [-0.2, 0) is 13.1 Å². The van der Waals surface area contributed by atoms with Gasteiger partial charge in [0, 0.05) is 24.2 Å². The van der Waals surface area contributed by atoms with Gasteiger partial charge in [-0.1, -0.05) is 0 Å². The summed E-state index contributed by atoms with van der Waals surface area (Å²) < 4.78 is 51.9. The van der Waals surface area contributed by atoms with Gasteiger partial charge in [0.05, 0.1) is 0 Å². The first-order valence-electron chi connectivity index (χ1n) is 3.78. The largest absolute Gasteiger partial charge is 0.326 e. The molecule has 0 fully saturated rings. The highest BCUT2D eigenvalue weighted by molar-refractivity contribution is 5.85. The topological polar surface area (TPSA) is 52.0 Å². The Morgan fingerprint density at radius 1 is 0.667 bits per heavy atom. The lowest BCUT2D eigenvalue weighted by Crippen LogP contribution is -2.14. The molecule has 0 aliphatic rings. The van der Waals surface area contributed by atoms with Gasteiger partial charge in [0.25, 0.3) is 0 Å². The van der Waals surface area contributed by atoms with Gasteiger partial charge in [0.1, 0.15) is 0 Å².